The molecule has 0 saturated carbocycles. The second kappa shape index (κ2) is 16.8. The molecule has 0 bridgehead atoms. The van der Waals surface area contributed by atoms with Crippen LogP contribution < -0.4 is 14.2 Å². The van der Waals surface area contributed by atoms with Gasteiger partial charge >= 0.3 is 0 Å². The number of rotatable bonds is 8. The van der Waals surface area contributed by atoms with E-state index in [1.165, 1.54) is 12.5 Å². The average molecular weight is 1360 g/mol. The fraction of sp³-hybridized carbons (Fsp3) is 0.0370. The molecule has 1 atom stereocenters. The molecule has 0 radical (unpaired) electrons. The summed E-state index contributed by atoms with van der Waals surface area (Å²) in [6.45, 7) is 0. The lowest BCUT2D eigenvalue weighted by Crippen LogP contribution is -2.17. The van der Waals surface area contributed by atoms with E-state index in [1.807, 2.05) is 42.5 Å². The van der Waals surface area contributed by atoms with Crippen LogP contribution in [0.5, 0.6) is 17.2 Å². The molecule has 0 aliphatic heterocycles. The largest absolute Gasteiger partial charge is 0.461 e. The maximum Gasteiger partial charge on any atom is 0.295 e. The quantitative estimate of drug-likeness (QED) is 0.128. The van der Waals surface area contributed by atoms with Crippen molar-refractivity contribution in [1.82, 2.24) is 0 Å². The van der Waals surface area contributed by atoms with Gasteiger partial charge in [0.1, 0.15) is 35.5 Å². The third-order valence-corrected chi connectivity index (χ3v) is 19.1. The van der Waals surface area contributed by atoms with Crippen molar-refractivity contribution < 1.29 is 18.9 Å². The van der Waals surface area contributed by atoms with E-state index >= 15 is 0 Å². The van der Waals surface area contributed by atoms with Crippen LogP contribution in [-0.4, -0.2) is 4.83 Å². The SMILES string of the molecule is BrC1=C(Br)C(Br)C(=C(Oc2ccc(Br)c(Br)c2Br)Oc2ccc(Br)c(Br)c2Br)C=C1OC=COc1ccc(Br)c(Br)c1Br. The van der Waals surface area contributed by atoms with Crippen molar-refractivity contribution in [3.8, 4) is 17.2 Å². The Morgan fingerprint density at radius 1 is 0.535 bits per heavy atom. The van der Waals surface area contributed by atoms with Crippen LogP contribution in [0.1, 0.15) is 0 Å². The third-order valence-electron chi connectivity index (χ3n) is 5.29. The van der Waals surface area contributed by atoms with Gasteiger partial charge in [-0.15, -0.1) is 0 Å². The Bertz CT molecular complexity index is 1650. The fourth-order valence-electron chi connectivity index (χ4n) is 3.21. The normalized spacial score (nSPS) is 15.1. The Balaban J connectivity index is 1.74. The number of benzene rings is 3. The first-order valence-electron chi connectivity index (χ1n) is 11.2. The topological polar surface area (TPSA) is 36.9 Å². The van der Waals surface area contributed by atoms with Crippen LogP contribution in [0, 0.1) is 0 Å². The Morgan fingerprint density at radius 2 is 0.953 bits per heavy atom. The van der Waals surface area contributed by atoms with E-state index in [-0.39, 0.29) is 10.8 Å². The van der Waals surface area contributed by atoms with Gasteiger partial charge in [-0.25, -0.2) is 0 Å². The van der Waals surface area contributed by atoms with Gasteiger partial charge < -0.3 is 18.9 Å². The highest BCUT2D eigenvalue weighted by molar-refractivity contribution is 9.16. The predicted molar refractivity (Wildman–Crippen MR) is 213 cm³/mol. The van der Waals surface area contributed by atoms with E-state index in [9.17, 15) is 0 Å². The molecule has 0 fully saturated rings. The molecule has 0 amide bonds. The molecule has 0 saturated heterocycles. The van der Waals surface area contributed by atoms with Crippen molar-refractivity contribution in [3.63, 3.8) is 0 Å². The Hall–Kier alpha value is 1.58. The van der Waals surface area contributed by atoms with Gasteiger partial charge in [-0.1, -0.05) is 31.9 Å². The molecule has 1 aliphatic carbocycles. The van der Waals surface area contributed by atoms with Crippen LogP contribution in [0.15, 0.2) is 121 Å². The van der Waals surface area contributed by atoms with Gasteiger partial charge in [-0.2, -0.15) is 0 Å². The molecule has 3 aromatic carbocycles. The van der Waals surface area contributed by atoms with Crippen molar-refractivity contribution in [1.29, 1.82) is 0 Å². The van der Waals surface area contributed by atoms with Crippen LogP contribution in [0.4, 0.5) is 0 Å². The summed E-state index contributed by atoms with van der Waals surface area (Å²) in [7, 11) is 0. The number of allylic oxidation sites excluding steroid dienone is 4. The van der Waals surface area contributed by atoms with Crippen LogP contribution >= 0.6 is 191 Å². The highest BCUT2D eigenvalue weighted by Gasteiger charge is 2.30. The molecular formula is C27H10Br12O4. The van der Waals surface area contributed by atoms with Crippen molar-refractivity contribution in [2.75, 3.05) is 0 Å². The fourth-order valence-corrected chi connectivity index (χ4v) is 9.00. The van der Waals surface area contributed by atoms with E-state index in [2.05, 4.69) is 191 Å². The zero-order valence-electron chi connectivity index (χ0n) is 20.4. The Morgan fingerprint density at radius 3 is 1.44 bits per heavy atom. The van der Waals surface area contributed by atoms with Gasteiger partial charge in [0, 0.05) is 31.3 Å². The van der Waals surface area contributed by atoms with Gasteiger partial charge in [0.05, 0.1) is 28.3 Å². The Labute approximate surface area is 348 Å². The highest BCUT2D eigenvalue weighted by Crippen LogP contribution is 2.45. The smallest absolute Gasteiger partial charge is 0.295 e. The third kappa shape index (κ3) is 8.98. The van der Waals surface area contributed by atoms with Crippen molar-refractivity contribution in [2.24, 2.45) is 0 Å². The van der Waals surface area contributed by atoms with E-state index < -0.39 is 0 Å². The van der Waals surface area contributed by atoms with Crippen LogP contribution in [0.25, 0.3) is 0 Å². The minimum Gasteiger partial charge on any atom is -0.461 e. The lowest BCUT2D eigenvalue weighted by atomic mass is 10.1. The van der Waals surface area contributed by atoms with Gasteiger partial charge in [-0.3, -0.25) is 0 Å². The lowest BCUT2D eigenvalue weighted by molar-refractivity contribution is 0.218. The molecule has 4 rings (SSSR count). The van der Waals surface area contributed by atoms with Crippen molar-refractivity contribution in [3.05, 3.63) is 121 Å². The lowest BCUT2D eigenvalue weighted by Gasteiger charge is -2.24. The molecule has 0 N–H and O–H groups in total. The Kier molecular flexibility index (Phi) is 14.6. The first kappa shape index (κ1) is 37.4. The second-order valence-corrected chi connectivity index (χ2v) is 17.9. The molecular weight excluding hydrogens is 1350 g/mol. The van der Waals surface area contributed by atoms with Crippen LogP contribution in [0.2, 0.25) is 0 Å². The van der Waals surface area contributed by atoms with E-state index in [1.54, 1.807) is 0 Å². The summed E-state index contributed by atoms with van der Waals surface area (Å²) in [4.78, 5) is -0.351. The summed E-state index contributed by atoms with van der Waals surface area (Å²) in [6, 6.07) is 11.1. The summed E-state index contributed by atoms with van der Waals surface area (Å²) in [5, 5.41) is 0. The molecule has 0 spiro atoms. The summed E-state index contributed by atoms with van der Waals surface area (Å²) < 4.78 is 33.3. The summed E-state index contributed by atoms with van der Waals surface area (Å²) in [5.41, 5.74) is 0.635. The van der Waals surface area contributed by atoms with E-state index in [0.29, 0.717) is 42.0 Å². The molecule has 0 aromatic heterocycles. The maximum atomic E-state index is 6.44. The molecule has 1 unspecified atom stereocenters. The standard InChI is InChI=1S/C27H10Br12O4/c28-11-1-4-14(22(35)19(11)32)40-7-8-41-17-9-10(18(31)26(39)25(17)38)27(42-15-5-2-12(29)20(33)23(15)36)43-16-6-3-13(30)21(34)24(16)37/h1-9,18H. The number of hydrogen-bond donors (Lipinski definition) is 0. The molecule has 3 aromatic rings. The average Bonchev–Trinajstić information content (AvgIpc) is 2.98. The summed E-state index contributed by atoms with van der Waals surface area (Å²) in [6.07, 6.45) is 4.69. The first-order chi connectivity index (χ1) is 20.3. The number of halogens is 12. The number of ether oxygens (including phenoxy) is 4. The van der Waals surface area contributed by atoms with Gasteiger partial charge in [-0.05, 0) is 202 Å². The van der Waals surface area contributed by atoms with Crippen molar-refractivity contribution in [2.45, 2.75) is 4.83 Å². The van der Waals surface area contributed by atoms with E-state index in [4.69, 9.17) is 18.9 Å². The predicted octanol–water partition coefficient (Wildman–Crippen LogP) is 15.4. The van der Waals surface area contributed by atoms with Crippen molar-refractivity contribution >= 4 is 191 Å². The minimum atomic E-state index is -0.351. The highest BCUT2D eigenvalue weighted by atomic mass is 79.9. The molecule has 0 heterocycles. The first-order valence-corrected chi connectivity index (χ1v) is 20.9. The van der Waals surface area contributed by atoms with Gasteiger partial charge in [0.25, 0.3) is 5.95 Å². The summed E-state index contributed by atoms with van der Waals surface area (Å²) in [5.74, 6) is 2.32. The minimum absolute atomic E-state index is 0.202. The number of alkyl halides is 1. The van der Waals surface area contributed by atoms with Gasteiger partial charge in [0.15, 0.2) is 0 Å². The van der Waals surface area contributed by atoms with Crippen LogP contribution in [0.3, 0.4) is 0 Å². The molecule has 226 valence electrons. The molecule has 16 heteroatoms. The zero-order chi connectivity index (χ0) is 31.6. The van der Waals surface area contributed by atoms with E-state index in [0.717, 1.165) is 35.8 Å². The molecule has 1 aliphatic rings. The second-order valence-electron chi connectivity index (χ2n) is 8.01. The van der Waals surface area contributed by atoms with Gasteiger partial charge in [0.2, 0.25) is 0 Å². The zero-order valence-corrected chi connectivity index (χ0v) is 39.5. The monoisotopic (exact) mass is 1350 g/mol. The molecule has 4 nitrogen and oxygen atoms in total. The number of hydrogen-bond acceptors (Lipinski definition) is 4. The summed E-state index contributed by atoms with van der Waals surface area (Å²) >= 11 is 43.0. The van der Waals surface area contributed by atoms with Crippen LogP contribution in [-0.2, 0) is 4.74 Å². The maximum absolute atomic E-state index is 6.44. The molecule has 43 heavy (non-hydrogen) atoms.